The minimum absolute atomic E-state index is 0.00658. The van der Waals surface area contributed by atoms with Crippen molar-refractivity contribution in [2.75, 3.05) is 45.1 Å². The molecule has 0 aliphatic heterocycles. The Morgan fingerprint density at radius 3 is 2.29 bits per heavy atom. The number of sulfone groups is 1. The second kappa shape index (κ2) is 10.4. The van der Waals surface area contributed by atoms with Gasteiger partial charge in [-0.1, -0.05) is 0 Å². The number of ketones is 2. The van der Waals surface area contributed by atoms with E-state index in [4.69, 9.17) is 5.73 Å². The van der Waals surface area contributed by atoms with Crippen molar-refractivity contribution in [3.05, 3.63) is 39.7 Å². The van der Waals surface area contributed by atoms with Crippen LogP contribution in [0.15, 0.2) is 23.0 Å². The van der Waals surface area contributed by atoms with Crippen LogP contribution in [-0.4, -0.2) is 103 Å². The van der Waals surface area contributed by atoms with Crippen molar-refractivity contribution >= 4 is 38.8 Å². The van der Waals surface area contributed by atoms with Gasteiger partial charge in [0, 0.05) is 43.3 Å². The zero-order chi connectivity index (χ0) is 30.8. The predicted octanol–water partition coefficient (Wildman–Crippen LogP) is 0.397. The van der Waals surface area contributed by atoms with Crippen LogP contribution >= 0.6 is 0 Å². The molecule has 1 aromatic carbocycles. The molecule has 4 atom stereocenters. The molecule has 13 heteroatoms. The first-order valence-electron chi connectivity index (χ1n) is 13.3. The van der Waals surface area contributed by atoms with Gasteiger partial charge in [-0.2, -0.15) is 0 Å². The molecular weight excluding hydrogens is 554 g/mol. The number of carbonyl (C=O) groups is 3. The van der Waals surface area contributed by atoms with Gasteiger partial charge in [-0.05, 0) is 69.3 Å². The number of amides is 1. The number of phenolic OH excluding ortho intramolecular Hbond substituents is 1. The van der Waals surface area contributed by atoms with Crippen LogP contribution in [0.3, 0.4) is 0 Å². The van der Waals surface area contributed by atoms with E-state index in [0.29, 0.717) is 36.1 Å². The van der Waals surface area contributed by atoms with E-state index in [9.17, 15) is 43.2 Å². The third-order valence-electron chi connectivity index (χ3n) is 8.47. The number of anilines is 1. The van der Waals surface area contributed by atoms with Gasteiger partial charge in [-0.15, -0.1) is 0 Å². The number of Topliss-reactive ketones (excluding diaryl/α,β-unsaturated/α-hetero) is 2. The average Bonchev–Trinajstić information content (AvgIpc) is 2.83. The highest BCUT2D eigenvalue weighted by Crippen LogP contribution is 2.54. The molecule has 3 aliphatic carbocycles. The third kappa shape index (κ3) is 4.89. The third-order valence-corrected chi connectivity index (χ3v) is 9.50. The largest absolute Gasteiger partial charge is 0.508 e. The molecule has 0 heterocycles. The van der Waals surface area contributed by atoms with Crippen LogP contribution in [0.5, 0.6) is 5.75 Å². The summed E-state index contributed by atoms with van der Waals surface area (Å²) in [6.45, 7) is 0. The molecule has 4 rings (SSSR count). The van der Waals surface area contributed by atoms with E-state index in [0.717, 1.165) is 6.26 Å². The van der Waals surface area contributed by atoms with E-state index < -0.39 is 67.9 Å². The molecule has 0 saturated heterocycles. The Kier molecular flexibility index (Phi) is 7.78. The number of hydrogen-bond acceptors (Lipinski definition) is 11. The molecule has 224 valence electrons. The summed E-state index contributed by atoms with van der Waals surface area (Å²) in [5.41, 5.74) is 3.30. The number of likely N-dealkylation sites (N-methyl/N-ethyl adjacent to an activating group) is 1. The number of nitrogens with two attached hydrogens (primary N) is 1. The van der Waals surface area contributed by atoms with Gasteiger partial charge in [0.2, 0.25) is 5.78 Å². The molecule has 1 fully saturated rings. The van der Waals surface area contributed by atoms with Crippen molar-refractivity contribution in [1.29, 1.82) is 0 Å². The summed E-state index contributed by atoms with van der Waals surface area (Å²) in [6.07, 6.45) is 2.46. The zero-order valence-corrected chi connectivity index (χ0v) is 24.6. The molecule has 3 aliphatic rings. The number of rotatable bonds is 8. The molecule has 0 spiro atoms. The maximum absolute atomic E-state index is 14.0. The van der Waals surface area contributed by atoms with Gasteiger partial charge in [0.15, 0.2) is 11.4 Å². The van der Waals surface area contributed by atoms with Crippen LogP contribution in [-0.2, 0) is 37.1 Å². The van der Waals surface area contributed by atoms with E-state index in [-0.39, 0.29) is 35.5 Å². The fourth-order valence-electron chi connectivity index (χ4n) is 6.62. The normalized spacial score (nSPS) is 26.2. The Bertz CT molecular complexity index is 1510. The van der Waals surface area contributed by atoms with Gasteiger partial charge >= 0.3 is 0 Å². The van der Waals surface area contributed by atoms with Gasteiger partial charge in [-0.25, -0.2) is 8.42 Å². The Labute approximate surface area is 238 Å². The standard InChI is InChI=1S/C28H37N3O9S/c1-30(2)17-12-13(8-6-7-9-41(5,39)40)22(32)19-15(17)10-14-11-16-21(31(3)4)24(34)20(27(29)37)26(36)28(16,38)25(35)18(14)23(19)33/h12,14,16,21,32-33,36,38H,6-11H2,1-5H3,(H2,29,37)/t14-,16+,21-,28+/m1/s1. The van der Waals surface area contributed by atoms with Gasteiger partial charge in [0.25, 0.3) is 5.91 Å². The Morgan fingerprint density at radius 2 is 1.76 bits per heavy atom. The Balaban J connectivity index is 1.88. The summed E-state index contributed by atoms with van der Waals surface area (Å²) < 4.78 is 23.0. The number of aryl methyl sites for hydroxylation is 1. The van der Waals surface area contributed by atoms with Crippen molar-refractivity contribution in [2.45, 2.75) is 43.7 Å². The SMILES string of the molecule is CN(C)c1cc(CCCCS(C)(=O)=O)c(O)c2c1C[C@@H]1C[C@H]3[C@@H](N(C)C)C(=O)C(C(N)=O)=C(O)[C@@]3(O)C(=O)C1=C2O. The van der Waals surface area contributed by atoms with Gasteiger partial charge < -0.3 is 31.1 Å². The van der Waals surface area contributed by atoms with E-state index >= 15 is 0 Å². The zero-order valence-electron chi connectivity index (χ0n) is 23.8. The van der Waals surface area contributed by atoms with E-state index in [1.807, 2.05) is 0 Å². The summed E-state index contributed by atoms with van der Waals surface area (Å²) in [7, 11) is 3.52. The fourth-order valence-corrected chi connectivity index (χ4v) is 7.34. The first kappa shape index (κ1) is 30.5. The van der Waals surface area contributed by atoms with E-state index in [1.165, 1.54) is 4.90 Å². The van der Waals surface area contributed by atoms with Crippen LogP contribution < -0.4 is 10.6 Å². The number of nitrogens with zero attached hydrogens (tertiary/aromatic N) is 2. The van der Waals surface area contributed by atoms with Gasteiger partial charge in [0.1, 0.15) is 32.7 Å². The number of primary amides is 1. The second-order valence-corrected chi connectivity index (χ2v) is 14.0. The van der Waals surface area contributed by atoms with Crippen LogP contribution in [0.1, 0.15) is 36.0 Å². The van der Waals surface area contributed by atoms with Crippen molar-refractivity contribution in [3.8, 4) is 5.75 Å². The smallest absolute Gasteiger partial charge is 0.255 e. The van der Waals surface area contributed by atoms with Crippen LogP contribution in [0, 0.1) is 11.8 Å². The lowest BCUT2D eigenvalue weighted by atomic mass is 9.57. The van der Waals surface area contributed by atoms with Crippen molar-refractivity contribution < 1.29 is 43.2 Å². The molecule has 1 saturated carbocycles. The number of aliphatic hydroxyl groups is 3. The number of phenols is 1. The van der Waals surface area contributed by atoms with Crippen LogP contribution in [0.25, 0.3) is 5.76 Å². The van der Waals surface area contributed by atoms with Crippen molar-refractivity contribution in [1.82, 2.24) is 4.90 Å². The number of hydrogen-bond donors (Lipinski definition) is 5. The van der Waals surface area contributed by atoms with Crippen molar-refractivity contribution in [3.63, 3.8) is 0 Å². The number of carbonyl (C=O) groups excluding carboxylic acids is 3. The first-order chi connectivity index (χ1) is 18.9. The monoisotopic (exact) mass is 591 g/mol. The number of aromatic hydroxyl groups is 1. The Morgan fingerprint density at radius 1 is 1.12 bits per heavy atom. The lowest BCUT2D eigenvalue weighted by Gasteiger charge is -2.50. The highest BCUT2D eigenvalue weighted by atomic mass is 32.2. The molecular formula is C28H37N3O9S. The quantitative estimate of drug-likeness (QED) is 0.207. The maximum atomic E-state index is 14.0. The van der Waals surface area contributed by atoms with Crippen molar-refractivity contribution in [2.24, 2.45) is 17.6 Å². The molecule has 0 radical (unpaired) electrons. The summed E-state index contributed by atoms with van der Waals surface area (Å²) in [6, 6.07) is 0.623. The molecule has 12 nitrogen and oxygen atoms in total. The van der Waals surface area contributed by atoms with Crippen LogP contribution in [0.4, 0.5) is 5.69 Å². The second-order valence-electron chi connectivity index (χ2n) is 11.7. The summed E-state index contributed by atoms with van der Waals surface area (Å²) >= 11 is 0. The molecule has 1 amide bonds. The maximum Gasteiger partial charge on any atom is 0.255 e. The van der Waals surface area contributed by atoms with Crippen LogP contribution in [0.2, 0.25) is 0 Å². The Hall–Kier alpha value is -3.42. The van der Waals surface area contributed by atoms with Gasteiger partial charge in [-0.3, -0.25) is 19.3 Å². The number of fused-ring (bicyclic) bond motifs is 3. The topological polar surface area (TPSA) is 199 Å². The number of unbranched alkanes of at least 4 members (excludes halogenated alkanes) is 1. The van der Waals surface area contributed by atoms with E-state index in [1.54, 1.807) is 39.2 Å². The minimum Gasteiger partial charge on any atom is -0.508 e. The number of aliphatic hydroxyl groups excluding tert-OH is 2. The predicted molar refractivity (Wildman–Crippen MR) is 151 cm³/mol. The first-order valence-corrected chi connectivity index (χ1v) is 15.4. The highest BCUT2D eigenvalue weighted by Gasteiger charge is 2.64. The lowest BCUT2D eigenvalue weighted by molar-refractivity contribution is -0.153. The van der Waals surface area contributed by atoms with Gasteiger partial charge in [0.05, 0.1) is 11.6 Å². The molecule has 0 aromatic heterocycles. The molecule has 0 bridgehead atoms. The molecule has 41 heavy (non-hydrogen) atoms. The highest BCUT2D eigenvalue weighted by molar-refractivity contribution is 7.90. The van der Waals surface area contributed by atoms with E-state index in [2.05, 4.69) is 0 Å². The minimum atomic E-state index is -3.15. The molecule has 6 N–H and O–H groups in total. The summed E-state index contributed by atoms with van der Waals surface area (Å²) in [5, 5.41) is 45.5. The molecule has 1 aromatic rings. The summed E-state index contributed by atoms with van der Waals surface area (Å²) in [5.74, 6) is -6.94. The lowest BCUT2D eigenvalue weighted by Crippen LogP contribution is -2.65. The fraction of sp³-hybridized carbons (Fsp3) is 0.536. The molecule has 0 unspecified atom stereocenters. The average molecular weight is 592 g/mol. The number of benzene rings is 1. The summed E-state index contributed by atoms with van der Waals surface area (Å²) in [4.78, 5) is 42.6.